The van der Waals surface area contributed by atoms with Crippen LogP contribution in [0.15, 0.2) is 18.2 Å². The second-order valence-electron chi connectivity index (χ2n) is 4.83. The van der Waals surface area contributed by atoms with Crippen molar-refractivity contribution in [1.29, 1.82) is 0 Å². The van der Waals surface area contributed by atoms with Crippen LogP contribution in [0.5, 0.6) is 0 Å². The van der Waals surface area contributed by atoms with Gasteiger partial charge in [-0.05, 0) is 43.5 Å². The molecule has 0 radical (unpaired) electrons. The minimum absolute atomic E-state index is 0.153. The molecule has 0 aliphatic heterocycles. The Balaban J connectivity index is 2.03. The van der Waals surface area contributed by atoms with Crippen molar-refractivity contribution < 1.29 is 9.18 Å². The van der Waals surface area contributed by atoms with Gasteiger partial charge >= 0.3 is 0 Å². The summed E-state index contributed by atoms with van der Waals surface area (Å²) in [4.78, 5) is 11.9. The Bertz CT molecular complexity index is 390. The minimum atomic E-state index is -0.348. The van der Waals surface area contributed by atoms with Gasteiger partial charge in [0.15, 0.2) is 0 Å². The van der Waals surface area contributed by atoms with E-state index in [0.717, 1.165) is 18.4 Å². The molecular formula is C14H18FNO. The molecule has 0 aromatic heterocycles. The van der Waals surface area contributed by atoms with Crippen LogP contribution in [0, 0.1) is 12.7 Å². The number of benzene rings is 1. The summed E-state index contributed by atoms with van der Waals surface area (Å²) in [5.74, 6) is -0.502. The summed E-state index contributed by atoms with van der Waals surface area (Å²) in [6, 6.07) is 4.71. The van der Waals surface area contributed by atoms with Gasteiger partial charge in [-0.15, -0.1) is 0 Å². The fourth-order valence-corrected chi connectivity index (χ4v) is 2.38. The fraction of sp³-hybridized carbons (Fsp3) is 0.500. The Labute approximate surface area is 101 Å². The molecule has 1 aromatic carbocycles. The van der Waals surface area contributed by atoms with Gasteiger partial charge in [-0.2, -0.15) is 0 Å². The van der Waals surface area contributed by atoms with Gasteiger partial charge in [-0.3, -0.25) is 4.79 Å². The van der Waals surface area contributed by atoms with Crippen LogP contribution < -0.4 is 5.32 Å². The molecule has 3 heteroatoms. The molecule has 2 nitrogen and oxygen atoms in total. The van der Waals surface area contributed by atoms with Gasteiger partial charge in [0, 0.05) is 11.6 Å². The van der Waals surface area contributed by atoms with Crippen molar-refractivity contribution in [2.75, 3.05) is 0 Å². The second-order valence-corrected chi connectivity index (χ2v) is 4.83. The van der Waals surface area contributed by atoms with Gasteiger partial charge in [-0.25, -0.2) is 4.39 Å². The van der Waals surface area contributed by atoms with Crippen LogP contribution in [0.4, 0.5) is 4.39 Å². The fourth-order valence-electron chi connectivity index (χ4n) is 2.38. The molecule has 0 atom stereocenters. The van der Waals surface area contributed by atoms with Gasteiger partial charge in [0.2, 0.25) is 0 Å². The quantitative estimate of drug-likeness (QED) is 0.838. The number of carbonyl (C=O) groups is 1. The average Bonchev–Trinajstić information content (AvgIpc) is 2.29. The van der Waals surface area contributed by atoms with E-state index in [0.29, 0.717) is 5.56 Å². The lowest BCUT2D eigenvalue weighted by atomic mass is 9.95. The van der Waals surface area contributed by atoms with Crippen molar-refractivity contribution in [2.45, 2.75) is 45.1 Å². The van der Waals surface area contributed by atoms with E-state index in [2.05, 4.69) is 5.32 Å². The molecule has 1 aliphatic rings. The smallest absolute Gasteiger partial charge is 0.251 e. The van der Waals surface area contributed by atoms with Gasteiger partial charge in [0.05, 0.1) is 0 Å². The number of hydrogen-bond donors (Lipinski definition) is 1. The molecule has 1 amide bonds. The summed E-state index contributed by atoms with van der Waals surface area (Å²) in [6.07, 6.45) is 5.69. The topological polar surface area (TPSA) is 29.1 Å². The van der Waals surface area contributed by atoms with Crippen LogP contribution in [0.1, 0.15) is 48.0 Å². The third kappa shape index (κ3) is 3.29. The molecule has 0 saturated heterocycles. The Morgan fingerprint density at radius 3 is 2.59 bits per heavy atom. The molecule has 1 N–H and O–H groups in total. The summed E-state index contributed by atoms with van der Waals surface area (Å²) in [5, 5.41) is 2.98. The van der Waals surface area contributed by atoms with Crippen molar-refractivity contribution in [2.24, 2.45) is 0 Å². The van der Waals surface area contributed by atoms with E-state index in [1.807, 2.05) is 0 Å². The van der Waals surface area contributed by atoms with Crippen LogP contribution in [-0.2, 0) is 0 Å². The zero-order valence-corrected chi connectivity index (χ0v) is 10.1. The molecule has 1 saturated carbocycles. The second kappa shape index (κ2) is 5.30. The monoisotopic (exact) mass is 235 g/mol. The summed E-state index contributed by atoms with van der Waals surface area (Å²) < 4.78 is 13.2. The van der Waals surface area contributed by atoms with Crippen molar-refractivity contribution >= 4 is 5.91 Å². The molecule has 0 bridgehead atoms. The van der Waals surface area contributed by atoms with E-state index in [1.165, 1.54) is 31.4 Å². The Morgan fingerprint density at radius 2 is 1.94 bits per heavy atom. The first-order valence-electron chi connectivity index (χ1n) is 6.23. The van der Waals surface area contributed by atoms with Gasteiger partial charge in [0.1, 0.15) is 5.82 Å². The van der Waals surface area contributed by atoms with Gasteiger partial charge < -0.3 is 5.32 Å². The van der Waals surface area contributed by atoms with E-state index >= 15 is 0 Å². The highest BCUT2D eigenvalue weighted by Gasteiger charge is 2.17. The molecule has 0 heterocycles. The van der Waals surface area contributed by atoms with Crippen LogP contribution in [0.3, 0.4) is 0 Å². The van der Waals surface area contributed by atoms with Crippen molar-refractivity contribution in [3.63, 3.8) is 0 Å². The number of rotatable bonds is 2. The lowest BCUT2D eigenvalue weighted by Gasteiger charge is -2.22. The summed E-state index contributed by atoms with van der Waals surface area (Å²) in [6.45, 7) is 1.79. The number of nitrogens with one attached hydrogen (secondary N) is 1. The van der Waals surface area contributed by atoms with Crippen LogP contribution in [0.2, 0.25) is 0 Å². The Morgan fingerprint density at radius 1 is 1.24 bits per heavy atom. The van der Waals surface area contributed by atoms with Crippen molar-refractivity contribution in [1.82, 2.24) is 5.32 Å². The molecule has 0 unspecified atom stereocenters. The van der Waals surface area contributed by atoms with E-state index in [4.69, 9.17) is 0 Å². The lowest BCUT2D eigenvalue weighted by molar-refractivity contribution is 0.0927. The Kier molecular flexibility index (Phi) is 3.77. The minimum Gasteiger partial charge on any atom is -0.349 e. The van der Waals surface area contributed by atoms with E-state index in [-0.39, 0.29) is 17.8 Å². The standard InChI is InChI=1S/C14H18FNO/c1-10-7-11(9-12(15)8-10)14(17)16-13-5-3-2-4-6-13/h7-9,13H,2-6H2,1H3,(H,16,17). The van der Waals surface area contributed by atoms with Gasteiger partial charge in [-0.1, -0.05) is 19.3 Å². The van der Waals surface area contributed by atoms with E-state index < -0.39 is 0 Å². The zero-order valence-electron chi connectivity index (χ0n) is 10.1. The number of aryl methyl sites for hydroxylation is 1. The van der Waals surface area contributed by atoms with Crippen molar-refractivity contribution in [3.05, 3.63) is 35.1 Å². The predicted molar refractivity (Wildman–Crippen MR) is 65.5 cm³/mol. The molecule has 17 heavy (non-hydrogen) atoms. The molecule has 1 fully saturated rings. The van der Waals surface area contributed by atoms with Crippen molar-refractivity contribution in [3.8, 4) is 0 Å². The summed E-state index contributed by atoms with van der Waals surface area (Å²) in [7, 11) is 0. The summed E-state index contributed by atoms with van der Waals surface area (Å²) in [5.41, 5.74) is 1.20. The first-order valence-corrected chi connectivity index (χ1v) is 6.23. The molecule has 0 spiro atoms. The maximum Gasteiger partial charge on any atom is 0.251 e. The first kappa shape index (κ1) is 12.1. The highest BCUT2D eigenvalue weighted by molar-refractivity contribution is 5.94. The lowest BCUT2D eigenvalue weighted by Crippen LogP contribution is -2.36. The Hall–Kier alpha value is -1.38. The van der Waals surface area contributed by atoms with E-state index in [9.17, 15) is 9.18 Å². The SMILES string of the molecule is Cc1cc(F)cc(C(=O)NC2CCCCC2)c1. The number of carbonyl (C=O) groups excluding carboxylic acids is 1. The third-order valence-electron chi connectivity index (χ3n) is 3.24. The highest BCUT2D eigenvalue weighted by Crippen LogP contribution is 2.18. The first-order chi connectivity index (χ1) is 8.15. The van der Waals surface area contributed by atoms with Crippen LogP contribution >= 0.6 is 0 Å². The van der Waals surface area contributed by atoms with Crippen LogP contribution in [-0.4, -0.2) is 11.9 Å². The largest absolute Gasteiger partial charge is 0.349 e. The highest BCUT2D eigenvalue weighted by atomic mass is 19.1. The molecule has 92 valence electrons. The molecular weight excluding hydrogens is 217 g/mol. The zero-order chi connectivity index (χ0) is 12.3. The maximum atomic E-state index is 13.2. The third-order valence-corrected chi connectivity index (χ3v) is 3.24. The molecule has 1 aromatic rings. The number of hydrogen-bond acceptors (Lipinski definition) is 1. The molecule has 2 rings (SSSR count). The van der Waals surface area contributed by atoms with Gasteiger partial charge in [0.25, 0.3) is 5.91 Å². The van der Waals surface area contributed by atoms with E-state index in [1.54, 1.807) is 13.0 Å². The average molecular weight is 235 g/mol. The number of halogens is 1. The molecule has 1 aliphatic carbocycles. The summed E-state index contributed by atoms with van der Waals surface area (Å²) >= 11 is 0. The normalized spacial score (nSPS) is 16.8. The predicted octanol–water partition coefficient (Wildman–Crippen LogP) is 3.20. The van der Waals surface area contributed by atoms with Crippen LogP contribution in [0.25, 0.3) is 0 Å². The maximum absolute atomic E-state index is 13.2. The number of amides is 1.